The molecule has 1 aromatic heterocycles. The van der Waals surface area contributed by atoms with Crippen molar-refractivity contribution < 1.29 is 27.6 Å². The van der Waals surface area contributed by atoms with Crippen molar-refractivity contribution in [2.45, 2.75) is 18.8 Å². The van der Waals surface area contributed by atoms with Crippen molar-refractivity contribution in [3.05, 3.63) is 76.0 Å². The Morgan fingerprint density at radius 3 is 2.37 bits per heavy atom. The van der Waals surface area contributed by atoms with Gasteiger partial charge in [0.2, 0.25) is 0 Å². The molecule has 13 heteroatoms. The number of likely N-dealkylation sites (tertiary alicyclic amines) is 1. The third-order valence-electron chi connectivity index (χ3n) is 6.10. The maximum absolute atomic E-state index is 13.3. The Kier molecular flexibility index (Phi) is 8.17. The molecule has 0 radical (unpaired) electrons. The number of alkyl halides is 2. The summed E-state index contributed by atoms with van der Waals surface area (Å²) in [5.41, 5.74) is 6.27. The number of anilines is 1. The molecule has 0 spiro atoms. The molecule has 9 nitrogen and oxygen atoms in total. The van der Waals surface area contributed by atoms with Crippen molar-refractivity contribution in [3.63, 3.8) is 0 Å². The number of nitrogens with two attached hydrogens (primary N) is 1. The zero-order chi connectivity index (χ0) is 27.4. The maximum atomic E-state index is 13.3. The number of aromatic nitrogens is 2. The van der Waals surface area contributed by atoms with E-state index >= 15 is 0 Å². The van der Waals surface area contributed by atoms with E-state index in [4.69, 9.17) is 5.73 Å². The van der Waals surface area contributed by atoms with Gasteiger partial charge in [-0.05, 0) is 58.4 Å². The molecule has 3 amide bonds. The molecule has 4 rings (SSSR count). The van der Waals surface area contributed by atoms with Gasteiger partial charge in [-0.15, -0.1) is 0 Å². The molecular formula is C25H24BrF3N6O3. The highest BCUT2D eigenvalue weighted by Gasteiger charge is 2.33. The Morgan fingerprint density at radius 1 is 1.05 bits per heavy atom. The second kappa shape index (κ2) is 11.4. The van der Waals surface area contributed by atoms with Gasteiger partial charge in [-0.2, -0.15) is 0 Å². The van der Waals surface area contributed by atoms with Gasteiger partial charge in [-0.25, -0.2) is 18.2 Å². The lowest BCUT2D eigenvalue weighted by molar-refractivity contribution is -0.0547. The molecule has 2 aromatic carbocycles. The number of rotatable bonds is 8. The lowest BCUT2D eigenvalue weighted by atomic mass is 10.1. The molecule has 1 aliphatic rings. The maximum Gasteiger partial charge on any atom is 0.270 e. The minimum atomic E-state index is -2.65. The van der Waals surface area contributed by atoms with Crippen LogP contribution in [0.4, 0.5) is 18.9 Å². The van der Waals surface area contributed by atoms with E-state index in [2.05, 4.69) is 31.5 Å². The van der Waals surface area contributed by atoms with Gasteiger partial charge in [-0.3, -0.25) is 19.0 Å². The van der Waals surface area contributed by atoms with Crippen LogP contribution in [-0.2, 0) is 0 Å². The number of primary amides is 1. The van der Waals surface area contributed by atoms with Gasteiger partial charge in [0.05, 0.1) is 5.56 Å². The Morgan fingerprint density at radius 2 is 1.74 bits per heavy atom. The Bertz CT molecular complexity index is 1350. The second-order valence-electron chi connectivity index (χ2n) is 8.75. The normalized spacial score (nSPS) is 15.2. The third-order valence-corrected chi connectivity index (χ3v) is 6.75. The first-order valence-corrected chi connectivity index (χ1v) is 12.5. The first kappa shape index (κ1) is 27.3. The first-order chi connectivity index (χ1) is 18.0. The number of hydrogen-bond donors (Lipinski definition) is 3. The fourth-order valence-electron chi connectivity index (χ4n) is 4.03. The lowest BCUT2D eigenvalue weighted by Crippen LogP contribution is -2.43. The van der Waals surface area contributed by atoms with Gasteiger partial charge in [0.1, 0.15) is 17.8 Å². The summed E-state index contributed by atoms with van der Waals surface area (Å²) < 4.78 is 41.7. The number of nitrogens with one attached hydrogen (secondary N) is 2. The topological polar surface area (TPSA) is 122 Å². The fraction of sp³-hybridized carbons (Fsp3) is 0.280. The highest BCUT2D eigenvalue weighted by Crippen LogP contribution is 2.27. The molecule has 200 valence electrons. The Hall–Kier alpha value is -3.71. The molecule has 2 heterocycles. The molecule has 1 aliphatic heterocycles. The third kappa shape index (κ3) is 6.40. The molecule has 0 unspecified atom stereocenters. The molecule has 38 heavy (non-hydrogen) atoms. The summed E-state index contributed by atoms with van der Waals surface area (Å²) in [5.74, 6) is -5.08. The summed E-state index contributed by atoms with van der Waals surface area (Å²) in [7, 11) is 0. The predicted molar refractivity (Wildman–Crippen MR) is 137 cm³/mol. The highest BCUT2D eigenvalue weighted by molar-refractivity contribution is 9.10. The summed E-state index contributed by atoms with van der Waals surface area (Å²) in [6.45, 7) is 1.01. The predicted octanol–water partition coefficient (Wildman–Crippen LogP) is 3.59. The van der Waals surface area contributed by atoms with Crippen LogP contribution in [0.1, 0.15) is 44.2 Å². The summed E-state index contributed by atoms with van der Waals surface area (Å²) in [5, 5.41) is 5.40. The van der Waals surface area contributed by atoms with E-state index in [9.17, 15) is 27.6 Å². The van der Waals surface area contributed by atoms with Crippen LogP contribution in [0.3, 0.4) is 0 Å². The van der Waals surface area contributed by atoms with Gasteiger partial charge in [0.25, 0.3) is 23.6 Å². The molecule has 0 saturated carbocycles. The molecule has 0 atom stereocenters. The monoisotopic (exact) mass is 592 g/mol. The van der Waals surface area contributed by atoms with Crippen LogP contribution in [0.25, 0.3) is 5.69 Å². The number of hydrogen-bond acceptors (Lipinski definition) is 5. The minimum absolute atomic E-state index is 0.0743. The zero-order valence-corrected chi connectivity index (χ0v) is 21.6. The standard InChI is InChI=1S/C25H24BrF3N6O3/c26-19-13-15(27)1-6-18(19)23(37)33-16-2-4-17(5-3-16)35-14-32-20(22(30)36)21(35)24(38)31-9-12-34-10-7-25(28,29)8-11-34/h1-6,13-14H,7-12H2,(H2,30,36)(H,31,38)(H,33,37). The van der Waals surface area contributed by atoms with Crippen molar-refractivity contribution in [2.75, 3.05) is 31.5 Å². The van der Waals surface area contributed by atoms with Gasteiger partial charge >= 0.3 is 0 Å². The number of amides is 3. The number of piperidine rings is 1. The molecular weight excluding hydrogens is 569 g/mol. The summed E-state index contributed by atoms with van der Waals surface area (Å²) in [6.07, 6.45) is 0.833. The van der Waals surface area contributed by atoms with E-state index in [0.717, 1.165) is 0 Å². The average Bonchev–Trinajstić information content (AvgIpc) is 3.31. The van der Waals surface area contributed by atoms with Crippen molar-refractivity contribution in [2.24, 2.45) is 5.73 Å². The lowest BCUT2D eigenvalue weighted by Gasteiger charge is -2.31. The van der Waals surface area contributed by atoms with Crippen LogP contribution in [0, 0.1) is 5.82 Å². The van der Waals surface area contributed by atoms with Crippen LogP contribution >= 0.6 is 15.9 Å². The van der Waals surface area contributed by atoms with Crippen LogP contribution in [0.5, 0.6) is 0 Å². The molecule has 0 bridgehead atoms. The second-order valence-corrected chi connectivity index (χ2v) is 9.61. The Balaban J connectivity index is 1.45. The molecule has 0 aliphatic carbocycles. The average molecular weight is 593 g/mol. The molecule has 3 aromatic rings. The summed E-state index contributed by atoms with van der Waals surface area (Å²) >= 11 is 3.16. The quantitative estimate of drug-likeness (QED) is 0.369. The largest absolute Gasteiger partial charge is 0.364 e. The van der Waals surface area contributed by atoms with E-state index in [1.54, 1.807) is 24.3 Å². The van der Waals surface area contributed by atoms with E-state index < -0.39 is 29.5 Å². The number of carbonyl (C=O) groups excluding carboxylic acids is 3. The number of halogens is 4. The first-order valence-electron chi connectivity index (χ1n) is 11.7. The fourth-order valence-corrected chi connectivity index (χ4v) is 4.56. The summed E-state index contributed by atoms with van der Waals surface area (Å²) in [6, 6.07) is 10.1. The molecule has 4 N–H and O–H groups in total. The van der Waals surface area contributed by atoms with Crippen molar-refractivity contribution in [1.29, 1.82) is 0 Å². The van der Waals surface area contributed by atoms with Crippen LogP contribution in [0.2, 0.25) is 0 Å². The molecule has 1 saturated heterocycles. The van der Waals surface area contributed by atoms with Crippen molar-refractivity contribution in [3.8, 4) is 5.69 Å². The van der Waals surface area contributed by atoms with Gasteiger partial charge < -0.3 is 21.3 Å². The Labute approximate surface area is 224 Å². The van der Waals surface area contributed by atoms with Crippen molar-refractivity contribution in [1.82, 2.24) is 19.8 Å². The summed E-state index contributed by atoms with van der Waals surface area (Å²) in [4.78, 5) is 43.3. The van der Waals surface area contributed by atoms with E-state index in [0.29, 0.717) is 22.4 Å². The van der Waals surface area contributed by atoms with Gasteiger partial charge in [-0.1, -0.05) is 0 Å². The van der Waals surface area contributed by atoms with Gasteiger partial charge in [0.15, 0.2) is 5.69 Å². The van der Waals surface area contributed by atoms with Gasteiger partial charge in [0, 0.05) is 54.9 Å². The number of carbonyl (C=O) groups is 3. The number of nitrogens with zero attached hydrogens (tertiary/aromatic N) is 3. The SMILES string of the molecule is NC(=O)c1ncn(-c2ccc(NC(=O)c3ccc(F)cc3Br)cc2)c1C(=O)NCCN1CCC(F)(F)CC1. The van der Waals surface area contributed by atoms with Crippen molar-refractivity contribution >= 4 is 39.3 Å². The highest BCUT2D eigenvalue weighted by atomic mass is 79.9. The molecule has 1 fully saturated rings. The van der Waals surface area contributed by atoms with Crippen LogP contribution in [0.15, 0.2) is 53.3 Å². The van der Waals surface area contributed by atoms with E-state index in [1.165, 1.54) is 29.1 Å². The zero-order valence-electron chi connectivity index (χ0n) is 20.0. The number of benzene rings is 2. The number of imidazole rings is 1. The minimum Gasteiger partial charge on any atom is -0.364 e. The van der Waals surface area contributed by atoms with Crippen LogP contribution in [-0.4, -0.2) is 64.3 Å². The smallest absolute Gasteiger partial charge is 0.270 e. The van der Waals surface area contributed by atoms with E-state index in [-0.39, 0.29) is 49.4 Å². The van der Waals surface area contributed by atoms with Crippen LogP contribution < -0.4 is 16.4 Å². The van der Waals surface area contributed by atoms with E-state index in [1.807, 2.05) is 4.90 Å².